The fourth-order valence-corrected chi connectivity index (χ4v) is 1.52. The van der Waals surface area contributed by atoms with Crippen LogP contribution in [0.15, 0.2) is 24.3 Å². The Morgan fingerprint density at radius 3 is 2.37 bits per heavy atom. The molecule has 1 unspecified atom stereocenters. The van der Waals surface area contributed by atoms with Gasteiger partial charge in [-0.1, -0.05) is 12.1 Å². The SMILES string of the molecule is CNC(=O)CC(NC(=O)O)c1ccc([N+](=O)[O-])cc1. The molecule has 102 valence electrons. The Bertz CT molecular complexity index is 486. The molecule has 0 bridgehead atoms. The summed E-state index contributed by atoms with van der Waals surface area (Å²) >= 11 is 0. The molecule has 1 aromatic rings. The molecule has 0 aliphatic rings. The second-order valence-electron chi connectivity index (χ2n) is 3.73. The van der Waals surface area contributed by atoms with E-state index in [1.807, 2.05) is 0 Å². The van der Waals surface area contributed by atoms with Gasteiger partial charge in [-0.05, 0) is 5.56 Å². The molecule has 8 heteroatoms. The van der Waals surface area contributed by atoms with Crippen molar-refractivity contribution in [3.63, 3.8) is 0 Å². The lowest BCUT2D eigenvalue weighted by molar-refractivity contribution is -0.384. The van der Waals surface area contributed by atoms with Crippen molar-refractivity contribution in [3.05, 3.63) is 39.9 Å². The summed E-state index contributed by atoms with van der Waals surface area (Å²) in [5.41, 5.74) is 0.384. The molecule has 2 amide bonds. The van der Waals surface area contributed by atoms with Crippen LogP contribution in [0.1, 0.15) is 18.0 Å². The topological polar surface area (TPSA) is 122 Å². The summed E-state index contributed by atoms with van der Waals surface area (Å²) in [5.74, 6) is -0.336. The van der Waals surface area contributed by atoms with Gasteiger partial charge in [0.2, 0.25) is 5.91 Å². The van der Waals surface area contributed by atoms with E-state index in [1.165, 1.54) is 31.3 Å². The highest BCUT2D eigenvalue weighted by Gasteiger charge is 2.18. The number of non-ortho nitro benzene ring substituents is 1. The average molecular weight is 267 g/mol. The van der Waals surface area contributed by atoms with Gasteiger partial charge in [-0.2, -0.15) is 0 Å². The van der Waals surface area contributed by atoms with Gasteiger partial charge in [-0.15, -0.1) is 0 Å². The molecule has 0 aliphatic carbocycles. The fourth-order valence-electron chi connectivity index (χ4n) is 1.52. The Labute approximate surface area is 108 Å². The number of nitrogens with one attached hydrogen (secondary N) is 2. The molecule has 1 atom stereocenters. The number of nitro benzene ring substituents is 1. The summed E-state index contributed by atoms with van der Waals surface area (Å²) in [6.07, 6.45) is -1.35. The van der Waals surface area contributed by atoms with Crippen LogP contribution in [0, 0.1) is 10.1 Å². The first-order valence-electron chi connectivity index (χ1n) is 5.38. The largest absolute Gasteiger partial charge is 0.465 e. The number of nitrogens with zero attached hydrogens (tertiary/aromatic N) is 1. The first kappa shape index (κ1) is 14.4. The lowest BCUT2D eigenvalue weighted by atomic mass is 10.0. The van der Waals surface area contributed by atoms with Crippen molar-refractivity contribution in [3.8, 4) is 0 Å². The van der Waals surface area contributed by atoms with E-state index in [4.69, 9.17) is 5.11 Å². The Morgan fingerprint density at radius 2 is 1.95 bits per heavy atom. The normalized spacial score (nSPS) is 11.4. The van der Waals surface area contributed by atoms with Crippen LogP contribution in [0.5, 0.6) is 0 Å². The number of nitro groups is 1. The third kappa shape index (κ3) is 4.26. The van der Waals surface area contributed by atoms with E-state index >= 15 is 0 Å². The smallest absolute Gasteiger partial charge is 0.405 e. The zero-order valence-electron chi connectivity index (χ0n) is 10.1. The van der Waals surface area contributed by atoms with Crippen LogP contribution in [0.2, 0.25) is 0 Å². The van der Waals surface area contributed by atoms with Crippen molar-refractivity contribution in [2.45, 2.75) is 12.5 Å². The Kier molecular flexibility index (Phi) is 4.81. The highest BCUT2D eigenvalue weighted by atomic mass is 16.6. The van der Waals surface area contributed by atoms with Crippen LogP contribution in [-0.4, -0.2) is 29.1 Å². The molecular weight excluding hydrogens is 254 g/mol. The van der Waals surface area contributed by atoms with Crippen molar-refractivity contribution in [1.29, 1.82) is 0 Å². The molecule has 0 radical (unpaired) electrons. The molecule has 0 heterocycles. The van der Waals surface area contributed by atoms with E-state index < -0.39 is 17.1 Å². The average Bonchev–Trinajstić information content (AvgIpc) is 2.37. The molecule has 0 aromatic heterocycles. The van der Waals surface area contributed by atoms with Gasteiger partial charge in [0.25, 0.3) is 5.69 Å². The van der Waals surface area contributed by atoms with Gasteiger partial charge in [0.05, 0.1) is 17.4 Å². The Hall–Kier alpha value is -2.64. The van der Waals surface area contributed by atoms with Crippen molar-refractivity contribution in [1.82, 2.24) is 10.6 Å². The second-order valence-corrected chi connectivity index (χ2v) is 3.73. The zero-order valence-corrected chi connectivity index (χ0v) is 10.1. The predicted molar refractivity (Wildman–Crippen MR) is 65.7 cm³/mol. The second kappa shape index (κ2) is 6.34. The van der Waals surface area contributed by atoms with Gasteiger partial charge in [0.1, 0.15) is 0 Å². The molecule has 0 fully saturated rings. The third-order valence-corrected chi connectivity index (χ3v) is 2.47. The van der Waals surface area contributed by atoms with Crippen molar-refractivity contribution in [2.75, 3.05) is 7.05 Å². The van der Waals surface area contributed by atoms with Crippen LogP contribution in [0.25, 0.3) is 0 Å². The van der Waals surface area contributed by atoms with Crippen molar-refractivity contribution < 1.29 is 19.6 Å². The minimum Gasteiger partial charge on any atom is -0.465 e. The van der Waals surface area contributed by atoms with Gasteiger partial charge < -0.3 is 15.7 Å². The maximum atomic E-state index is 11.3. The molecular formula is C11H13N3O5. The summed E-state index contributed by atoms with van der Waals surface area (Å²) in [4.78, 5) is 31.9. The molecule has 19 heavy (non-hydrogen) atoms. The molecule has 0 aliphatic heterocycles. The summed E-state index contributed by atoms with van der Waals surface area (Å²) in [6.45, 7) is 0. The van der Waals surface area contributed by atoms with E-state index in [0.717, 1.165) is 0 Å². The van der Waals surface area contributed by atoms with E-state index in [2.05, 4.69) is 10.6 Å². The number of hydrogen-bond donors (Lipinski definition) is 3. The van der Waals surface area contributed by atoms with E-state index in [1.54, 1.807) is 0 Å². The quantitative estimate of drug-likeness (QED) is 0.543. The van der Waals surface area contributed by atoms with Gasteiger partial charge in [0, 0.05) is 19.2 Å². The summed E-state index contributed by atoms with van der Waals surface area (Å²) in [6, 6.07) is 4.60. The minimum absolute atomic E-state index is 0.0827. The molecule has 1 rings (SSSR count). The van der Waals surface area contributed by atoms with Crippen LogP contribution in [0.3, 0.4) is 0 Å². The van der Waals surface area contributed by atoms with Crippen molar-refractivity contribution >= 4 is 17.7 Å². The maximum absolute atomic E-state index is 11.3. The highest BCUT2D eigenvalue weighted by molar-refractivity contribution is 5.77. The molecule has 0 spiro atoms. The number of carbonyl (C=O) groups excluding carboxylic acids is 1. The highest BCUT2D eigenvalue weighted by Crippen LogP contribution is 2.20. The summed E-state index contributed by atoms with van der Waals surface area (Å²) in [5, 5.41) is 23.8. The predicted octanol–water partition coefficient (Wildman–Crippen LogP) is 1.04. The van der Waals surface area contributed by atoms with Crippen LogP contribution >= 0.6 is 0 Å². The molecule has 0 saturated heterocycles. The third-order valence-electron chi connectivity index (χ3n) is 2.47. The molecule has 3 N–H and O–H groups in total. The standard InChI is InChI=1S/C11H13N3O5/c1-12-10(15)6-9(13-11(16)17)7-2-4-8(5-3-7)14(18)19/h2-5,9,13H,6H2,1H3,(H,12,15)(H,16,17). The lowest BCUT2D eigenvalue weighted by Gasteiger charge is -2.16. The van der Waals surface area contributed by atoms with Gasteiger partial charge in [-0.3, -0.25) is 14.9 Å². The summed E-state index contributed by atoms with van der Waals surface area (Å²) in [7, 11) is 1.44. The maximum Gasteiger partial charge on any atom is 0.405 e. The number of carbonyl (C=O) groups is 2. The summed E-state index contributed by atoms with van der Waals surface area (Å²) < 4.78 is 0. The zero-order chi connectivity index (χ0) is 14.4. The van der Waals surface area contributed by atoms with Crippen molar-refractivity contribution in [2.24, 2.45) is 0 Å². The molecule has 1 aromatic carbocycles. The number of benzene rings is 1. The fraction of sp³-hybridized carbons (Fsp3) is 0.273. The Morgan fingerprint density at radius 1 is 1.37 bits per heavy atom. The number of hydrogen-bond acceptors (Lipinski definition) is 4. The van der Waals surface area contributed by atoms with Gasteiger partial charge in [-0.25, -0.2) is 4.79 Å². The molecule has 8 nitrogen and oxygen atoms in total. The van der Waals surface area contributed by atoms with Crippen LogP contribution in [0.4, 0.5) is 10.5 Å². The lowest BCUT2D eigenvalue weighted by Crippen LogP contribution is -2.31. The molecule has 0 saturated carbocycles. The van der Waals surface area contributed by atoms with Crippen LogP contribution < -0.4 is 10.6 Å². The Balaban J connectivity index is 2.92. The van der Waals surface area contributed by atoms with E-state index in [9.17, 15) is 19.7 Å². The first-order valence-corrected chi connectivity index (χ1v) is 5.38. The minimum atomic E-state index is -1.27. The first-order chi connectivity index (χ1) is 8.93. The monoisotopic (exact) mass is 267 g/mol. The number of rotatable bonds is 5. The number of amides is 2. The van der Waals surface area contributed by atoms with E-state index in [-0.39, 0.29) is 18.0 Å². The van der Waals surface area contributed by atoms with E-state index in [0.29, 0.717) is 5.56 Å². The van der Waals surface area contributed by atoms with Gasteiger partial charge in [0.15, 0.2) is 0 Å². The van der Waals surface area contributed by atoms with Gasteiger partial charge >= 0.3 is 6.09 Å². The number of carboxylic acid groups (broad SMARTS) is 1. The van der Waals surface area contributed by atoms with Crippen LogP contribution in [-0.2, 0) is 4.79 Å².